The average molecular weight is 991 g/mol. The van der Waals surface area contributed by atoms with E-state index in [1.54, 1.807) is 28.4 Å². The molecule has 2 aliphatic carbocycles. The summed E-state index contributed by atoms with van der Waals surface area (Å²) >= 11 is 1.58. The first-order chi connectivity index (χ1) is 34.2. The van der Waals surface area contributed by atoms with Gasteiger partial charge in [-0.2, -0.15) is 0 Å². The van der Waals surface area contributed by atoms with E-state index in [1.807, 2.05) is 42.5 Å². The topological polar surface area (TPSA) is 312 Å². The van der Waals surface area contributed by atoms with Gasteiger partial charge in [0.05, 0.1) is 42.0 Å². The molecule has 4 aliphatic rings. The van der Waals surface area contributed by atoms with Crippen LogP contribution in [0.25, 0.3) is 27.0 Å². The predicted molar refractivity (Wildman–Crippen MR) is 264 cm³/mol. The number of allylic oxidation sites excluding steroid dienone is 4. The molecular weight excluding hydrogens is 929 g/mol. The maximum Gasteiger partial charge on any atom is 0.243 e. The number of fused-ring (bicyclic) bond motifs is 2. The first-order valence-corrected chi connectivity index (χ1v) is 25.3. The molecule has 376 valence electrons. The van der Waals surface area contributed by atoms with E-state index in [0.29, 0.717) is 36.9 Å². The highest BCUT2D eigenvalue weighted by Crippen LogP contribution is 2.38. The summed E-state index contributed by atoms with van der Waals surface area (Å²) in [6.07, 6.45) is 13.8. The van der Waals surface area contributed by atoms with Crippen molar-refractivity contribution in [2.24, 2.45) is 29.0 Å². The van der Waals surface area contributed by atoms with Gasteiger partial charge in [-0.1, -0.05) is 60.9 Å². The van der Waals surface area contributed by atoms with Gasteiger partial charge >= 0.3 is 0 Å². The fraction of sp³-hybridized carbons (Fsp3) is 0.480. The molecule has 7 amide bonds. The minimum absolute atomic E-state index is 0.000290. The second-order valence-electron chi connectivity index (χ2n) is 19.1. The molecule has 20 nitrogen and oxygen atoms in total. The Labute approximate surface area is 414 Å². The van der Waals surface area contributed by atoms with Crippen molar-refractivity contribution in [3.63, 3.8) is 0 Å². The monoisotopic (exact) mass is 990 g/mol. The molecule has 0 unspecified atom stereocenters. The maximum atomic E-state index is 15.4. The number of nitrogens with zero attached hydrogens (tertiary/aromatic N) is 4. The Morgan fingerprint density at radius 3 is 2.35 bits per heavy atom. The highest BCUT2D eigenvalue weighted by atomic mass is 32.1. The first kappa shape index (κ1) is 50.4. The van der Waals surface area contributed by atoms with Gasteiger partial charge in [-0.25, -0.2) is 4.68 Å². The number of carbonyl (C=O) groups excluding carboxylic acids is 8. The van der Waals surface area contributed by atoms with Crippen molar-refractivity contribution in [2.45, 2.75) is 126 Å². The Morgan fingerprint density at radius 2 is 1.59 bits per heavy atom. The lowest BCUT2D eigenvalue weighted by atomic mass is 9.76. The van der Waals surface area contributed by atoms with E-state index < -0.39 is 109 Å². The van der Waals surface area contributed by atoms with Crippen LogP contribution in [0.5, 0.6) is 0 Å². The average Bonchev–Trinajstić information content (AvgIpc) is 4.22. The van der Waals surface area contributed by atoms with Crippen LogP contribution >= 0.6 is 11.3 Å². The number of ketones is 1. The van der Waals surface area contributed by atoms with Gasteiger partial charge in [-0.05, 0) is 73.8 Å². The van der Waals surface area contributed by atoms with Gasteiger partial charge in [0.2, 0.25) is 41.4 Å². The van der Waals surface area contributed by atoms with E-state index >= 15 is 9.59 Å². The number of aromatic amines is 1. The van der Waals surface area contributed by atoms with Crippen molar-refractivity contribution in [3.05, 3.63) is 77.5 Å². The Morgan fingerprint density at radius 1 is 0.831 bits per heavy atom. The number of primary amides is 2. The van der Waals surface area contributed by atoms with Gasteiger partial charge in [-0.15, -0.1) is 16.4 Å². The fourth-order valence-corrected chi connectivity index (χ4v) is 11.2. The lowest BCUT2D eigenvalue weighted by molar-refractivity contribution is -0.146. The standard InChI is InChI=1S/C50H62N12O8S/c51-34-23-45(65)54-19-9-8-16-36(46(53)66)56-48(68)38(20-30-25-55-35-15-7-6-14-32(30)35)58-49(69)40-21-31(62-27-39(59-60-62)43-18-17-42(71-43)29-12-4-5-13-29)26-61(40)50(70)33(28-10-2-1-3-11-28)22-41(63)37(24-44(52)64)57-47(34)67/h4-7,12,14-15,17-18,25,27-28,31,33-34,36-38,40,55H,1-3,8-11,13,16,19-24,26,51H2,(H2,52,64)(H2,53,66)(H,54,65)(H,56,68)(H,57,67)(H,58,69)/t31-,33-,34-,36-,37-,38-,40-/m0/s1. The smallest absolute Gasteiger partial charge is 0.243 e. The molecule has 21 heteroatoms. The van der Waals surface area contributed by atoms with Crippen molar-refractivity contribution < 1.29 is 38.4 Å². The van der Waals surface area contributed by atoms with E-state index in [4.69, 9.17) is 17.2 Å². The number of hydrogen-bond donors (Lipinski definition) is 8. The molecule has 0 bridgehead atoms. The van der Waals surface area contributed by atoms with Gasteiger partial charge in [0, 0.05) is 60.2 Å². The maximum absolute atomic E-state index is 15.4. The number of benzene rings is 1. The van der Waals surface area contributed by atoms with Gasteiger partial charge in [0.15, 0.2) is 5.78 Å². The highest BCUT2D eigenvalue weighted by Gasteiger charge is 2.46. The number of thiophene rings is 1. The molecule has 4 aromatic rings. The molecule has 2 aliphatic heterocycles. The summed E-state index contributed by atoms with van der Waals surface area (Å²) in [5.41, 5.74) is 20.9. The number of aromatic nitrogens is 4. The summed E-state index contributed by atoms with van der Waals surface area (Å²) in [5.74, 6) is -6.82. The lowest BCUT2D eigenvalue weighted by Crippen LogP contribution is -2.57. The molecule has 11 N–H and O–H groups in total. The van der Waals surface area contributed by atoms with Crippen LogP contribution < -0.4 is 38.5 Å². The molecule has 5 heterocycles. The van der Waals surface area contributed by atoms with E-state index in [9.17, 15) is 28.8 Å². The van der Waals surface area contributed by atoms with Gasteiger partial charge in [-0.3, -0.25) is 38.4 Å². The Bertz CT molecular complexity index is 2720. The van der Waals surface area contributed by atoms with Crippen molar-refractivity contribution >= 4 is 74.9 Å². The molecule has 1 saturated carbocycles. The lowest BCUT2D eigenvalue weighted by Gasteiger charge is -2.35. The SMILES string of the molecule is NC(=O)C[C@@H]1NC(=O)[C@@H](N)CC(=O)NCCCC[C@@H](C(N)=O)NC(=O)[C@H](Cc2c[nH]c3ccccc23)NC(=O)[C@@H]2C[C@H](n3cc(-c4ccc(C5=CC=CC5)s4)nn3)CN2C(=O)[C@H](C2CCCCC2)CC1=O. The van der Waals surface area contributed by atoms with Crippen LogP contribution in [0.2, 0.25) is 0 Å². The van der Waals surface area contributed by atoms with Gasteiger partial charge in [0.25, 0.3) is 0 Å². The third kappa shape index (κ3) is 12.3. The fourth-order valence-electron chi connectivity index (χ4n) is 10.3. The zero-order valence-electron chi connectivity index (χ0n) is 39.5. The molecule has 3 fully saturated rings. The van der Waals surface area contributed by atoms with Crippen molar-refractivity contribution in [2.75, 3.05) is 13.1 Å². The predicted octanol–water partition coefficient (Wildman–Crippen LogP) is 2.20. The zero-order chi connectivity index (χ0) is 50.2. The quantitative estimate of drug-likeness (QED) is 0.120. The van der Waals surface area contributed by atoms with Gasteiger partial charge < -0.3 is 48.4 Å². The Kier molecular flexibility index (Phi) is 16.2. The number of nitrogens with one attached hydrogen (secondary N) is 5. The summed E-state index contributed by atoms with van der Waals surface area (Å²) in [7, 11) is 0. The number of para-hydroxylation sites is 1. The molecule has 7 atom stereocenters. The number of Topliss-reactive ketones (excluding diaryl/α,β-unsaturated/α-hetero) is 1. The van der Waals surface area contributed by atoms with Crippen molar-refractivity contribution in [1.29, 1.82) is 0 Å². The largest absolute Gasteiger partial charge is 0.370 e. The molecule has 0 spiro atoms. The van der Waals surface area contributed by atoms with Crippen LogP contribution in [-0.4, -0.2) is 115 Å². The number of hydrogen-bond acceptors (Lipinski definition) is 12. The van der Waals surface area contributed by atoms with Crippen molar-refractivity contribution in [1.82, 2.24) is 46.1 Å². The van der Waals surface area contributed by atoms with Gasteiger partial charge in [0.1, 0.15) is 23.8 Å². The summed E-state index contributed by atoms with van der Waals surface area (Å²) in [6, 6.07) is 4.53. The summed E-state index contributed by atoms with van der Waals surface area (Å²) in [4.78, 5) is 118. The molecule has 2 saturated heterocycles. The molecule has 3 aromatic heterocycles. The second-order valence-corrected chi connectivity index (χ2v) is 20.2. The summed E-state index contributed by atoms with van der Waals surface area (Å²) < 4.78 is 1.64. The van der Waals surface area contributed by atoms with Crippen LogP contribution in [0, 0.1) is 11.8 Å². The number of rotatable bonds is 9. The van der Waals surface area contributed by atoms with Crippen LogP contribution in [0.3, 0.4) is 0 Å². The van der Waals surface area contributed by atoms with E-state index in [1.165, 1.54) is 10.5 Å². The highest BCUT2D eigenvalue weighted by molar-refractivity contribution is 7.16. The third-order valence-electron chi connectivity index (χ3n) is 14.1. The van der Waals surface area contributed by atoms with Crippen molar-refractivity contribution in [3.8, 4) is 10.6 Å². The molecular formula is C50H62N12O8S. The van der Waals surface area contributed by atoms with Crippen LogP contribution in [-0.2, 0) is 44.8 Å². The molecule has 8 rings (SSSR count). The van der Waals surface area contributed by atoms with Crippen LogP contribution in [0.1, 0.15) is 100.0 Å². The zero-order valence-corrected chi connectivity index (χ0v) is 40.3. The molecule has 0 radical (unpaired) electrons. The minimum Gasteiger partial charge on any atom is -0.370 e. The third-order valence-corrected chi connectivity index (χ3v) is 15.3. The van der Waals surface area contributed by atoms with E-state index in [-0.39, 0.29) is 38.3 Å². The number of carbonyl (C=O) groups is 8. The normalized spacial score (nSPS) is 26.1. The number of amides is 7. The van der Waals surface area contributed by atoms with Crippen LogP contribution in [0.4, 0.5) is 0 Å². The number of nitrogens with two attached hydrogens (primary N) is 3. The Balaban J connectivity index is 1.15. The number of H-pyrrole nitrogens is 1. The Hall–Kier alpha value is -7.00. The molecule has 1 aromatic carbocycles. The first-order valence-electron chi connectivity index (χ1n) is 24.5. The minimum atomic E-state index is -1.45. The summed E-state index contributed by atoms with van der Waals surface area (Å²) in [5, 5.41) is 20.7. The second kappa shape index (κ2) is 22.8. The van der Waals surface area contributed by atoms with E-state index in [2.05, 4.69) is 48.7 Å². The summed E-state index contributed by atoms with van der Waals surface area (Å²) in [6.45, 7) is 0.137. The van der Waals surface area contributed by atoms with E-state index in [0.717, 1.165) is 46.3 Å². The molecule has 71 heavy (non-hydrogen) atoms. The van der Waals surface area contributed by atoms with Crippen LogP contribution in [0.15, 0.2) is 67.0 Å².